The van der Waals surface area contributed by atoms with Gasteiger partial charge < -0.3 is 14.4 Å². The molecule has 4 heteroatoms. The Morgan fingerprint density at radius 1 is 0.917 bits per heavy atom. The molecule has 0 unspecified atom stereocenters. The van der Waals surface area contributed by atoms with Crippen LogP contribution in [0.3, 0.4) is 0 Å². The van der Waals surface area contributed by atoms with Crippen LogP contribution in [0.2, 0.25) is 0 Å². The second kappa shape index (κ2) is 8.06. The lowest BCUT2D eigenvalue weighted by atomic mass is 10.2. The summed E-state index contributed by atoms with van der Waals surface area (Å²) < 4.78 is 11.1. The Hall–Kier alpha value is -2.20. The molecule has 3 rings (SSSR count). The van der Waals surface area contributed by atoms with Gasteiger partial charge in [0.25, 0.3) is 0 Å². The summed E-state index contributed by atoms with van der Waals surface area (Å²) in [6.07, 6.45) is 0. The minimum absolute atomic E-state index is 0.743. The number of hydrogen-bond acceptors (Lipinski definition) is 4. The van der Waals surface area contributed by atoms with Crippen LogP contribution in [0.25, 0.3) is 0 Å². The molecule has 2 aromatic rings. The third-order valence-corrected chi connectivity index (χ3v) is 4.57. The number of hydrogen-bond donors (Lipinski definition) is 0. The Kier molecular flexibility index (Phi) is 5.59. The number of nitrogens with zero attached hydrogens (tertiary/aromatic N) is 2. The van der Waals surface area contributed by atoms with Crippen LogP contribution in [0.5, 0.6) is 11.5 Å². The highest BCUT2D eigenvalue weighted by molar-refractivity contribution is 5.49. The molecule has 0 atom stereocenters. The quantitative estimate of drug-likeness (QED) is 0.814. The Morgan fingerprint density at radius 3 is 2.29 bits per heavy atom. The number of benzene rings is 2. The molecule has 1 heterocycles. The van der Waals surface area contributed by atoms with Crippen molar-refractivity contribution in [1.29, 1.82) is 0 Å². The standard InChI is InChI=1S/C20H26N2O2/c1-17-5-3-4-6-20(17)24-16-15-21-11-13-22(14-12-21)18-7-9-19(23-2)10-8-18/h3-10H,11-16H2,1-2H3. The minimum atomic E-state index is 0.743. The summed E-state index contributed by atoms with van der Waals surface area (Å²) in [6.45, 7) is 8.06. The van der Waals surface area contributed by atoms with E-state index >= 15 is 0 Å². The Bertz CT molecular complexity index is 634. The van der Waals surface area contributed by atoms with E-state index in [9.17, 15) is 0 Å². The molecule has 0 saturated carbocycles. The van der Waals surface area contributed by atoms with Gasteiger partial charge in [0.15, 0.2) is 0 Å². The van der Waals surface area contributed by atoms with E-state index < -0.39 is 0 Å². The lowest BCUT2D eigenvalue weighted by molar-refractivity contribution is 0.200. The number of ether oxygens (including phenoxy) is 2. The van der Waals surface area contributed by atoms with E-state index in [0.717, 1.165) is 50.8 Å². The van der Waals surface area contributed by atoms with Gasteiger partial charge in [-0.2, -0.15) is 0 Å². The molecule has 128 valence electrons. The molecular formula is C20H26N2O2. The van der Waals surface area contributed by atoms with Crippen LogP contribution in [0.15, 0.2) is 48.5 Å². The molecule has 1 saturated heterocycles. The molecule has 0 N–H and O–H groups in total. The first kappa shape index (κ1) is 16.7. The van der Waals surface area contributed by atoms with Gasteiger partial charge in [-0.3, -0.25) is 4.90 Å². The Morgan fingerprint density at radius 2 is 1.62 bits per heavy atom. The van der Waals surface area contributed by atoms with Gasteiger partial charge in [0, 0.05) is 38.4 Å². The lowest BCUT2D eigenvalue weighted by Crippen LogP contribution is -2.47. The van der Waals surface area contributed by atoms with E-state index in [4.69, 9.17) is 9.47 Å². The van der Waals surface area contributed by atoms with Gasteiger partial charge >= 0.3 is 0 Å². The van der Waals surface area contributed by atoms with Crippen molar-refractivity contribution in [3.8, 4) is 11.5 Å². The van der Waals surface area contributed by atoms with Crippen molar-refractivity contribution in [1.82, 2.24) is 4.90 Å². The first-order valence-corrected chi connectivity index (χ1v) is 8.56. The number of aryl methyl sites for hydroxylation is 1. The molecule has 1 aliphatic rings. The molecule has 0 aliphatic carbocycles. The van der Waals surface area contributed by atoms with Gasteiger partial charge in [-0.1, -0.05) is 18.2 Å². The second-order valence-electron chi connectivity index (χ2n) is 6.14. The molecule has 1 aliphatic heterocycles. The number of piperazine rings is 1. The maximum absolute atomic E-state index is 5.91. The summed E-state index contributed by atoms with van der Waals surface area (Å²) >= 11 is 0. The summed E-state index contributed by atoms with van der Waals surface area (Å²) in [5.41, 5.74) is 2.47. The predicted molar refractivity (Wildman–Crippen MR) is 98.3 cm³/mol. The zero-order valence-corrected chi connectivity index (χ0v) is 14.6. The van der Waals surface area contributed by atoms with Crippen molar-refractivity contribution in [2.24, 2.45) is 0 Å². The monoisotopic (exact) mass is 326 g/mol. The van der Waals surface area contributed by atoms with Crippen molar-refractivity contribution in [3.63, 3.8) is 0 Å². The van der Waals surface area contributed by atoms with Crippen LogP contribution in [-0.2, 0) is 0 Å². The fourth-order valence-electron chi connectivity index (χ4n) is 3.03. The maximum Gasteiger partial charge on any atom is 0.122 e. The number of para-hydroxylation sites is 1. The third-order valence-electron chi connectivity index (χ3n) is 4.57. The fraction of sp³-hybridized carbons (Fsp3) is 0.400. The fourth-order valence-corrected chi connectivity index (χ4v) is 3.03. The largest absolute Gasteiger partial charge is 0.497 e. The van der Waals surface area contributed by atoms with Gasteiger partial charge in [0.05, 0.1) is 7.11 Å². The molecule has 0 aromatic heterocycles. The highest BCUT2D eigenvalue weighted by Gasteiger charge is 2.17. The molecule has 24 heavy (non-hydrogen) atoms. The van der Waals surface area contributed by atoms with E-state index in [1.807, 2.05) is 30.3 Å². The molecule has 2 aromatic carbocycles. The number of methoxy groups -OCH3 is 1. The van der Waals surface area contributed by atoms with Crippen LogP contribution in [0, 0.1) is 6.92 Å². The minimum Gasteiger partial charge on any atom is -0.497 e. The summed E-state index contributed by atoms with van der Waals surface area (Å²) in [4.78, 5) is 4.90. The van der Waals surface area contributed by atoms with Gasteiger partial charge in [0.1, 0.15) is 18.1 Å². The lowest BCUT2D eigenvalue weighted by Gasteiger charge is -2.36. The average Bonchev–Trinajstić information content (AvgIpc) is 2.64. The highest BCUT2D eigenvalue weighted by Crippen LogP contribution is 2.20. The first-order chi connectivity index (χ1) is 11.8. The van der Waals surface area contributed by atoms with Crippen LogP contribution < -0.4 is 14.4 Å². The van der Waals surface area contributed by atoms with Crippen molar-refractivity contribution >= 4 is 5.69 Å². The molecular weight excluding hydrogens is 300 g/mol. The maximum atomic E-state index is 5.91. The zero-order valence-electron chi connectivity index (χ0n) is 14.6. The topological polar surface area (TPSA) is 24.9 Å². The molecule has 0 bridgehead atoms. The van der Waals surface area contributed by atoms with Gasteiger partial charge in [0.2, 0.25) is 0 Å². The van der Waals surface area contributed by atoms with Gasteiger partial charge in [-0.25, -0.2) is 0 Å². The number of anilines is 1. The smallest absolute Gasteiger partial charge is 0.122 e. The molecule has 1 fully saturated rings. The van der Waals surface area contributed by atoms with E-state index in [1.54, 1.807) is 7.11 Å². The molecule has 0 amide bonds. The Labute approximate surface area is 144 Å². The summed E-state index contributed by atoms with van der Waals surface area (Å²) in [7, 11) is 1.70. The van der Waals surface area contributed by atoms with Crippen LogP contribution in [0.4, 0.5) is 5.69 Å². The average molecular weight is 326 g/mol. The molecule has 4 nitrogen and oxygen atoms in total. The van der Waals surface area contributed by atoms with Gasteiger partial charge in [-0.05, 0) is 42.8 Å². The zero-order chi connectivity index (χ0) is 16.8. The highest BCUT2D eigenvalue weighted by atomic mass is 16.5. The van der Waals surface area contributed by atoms with Gasteiger partial charge in [-0.15, -0.1) is 0 Å². The normalized spacial score (nSPS) is 15.3. The van der Waals surface area contributed by atoms with Crippen molar-refractivity contribution in [3.05, 3.63) is 54.1 Å². The van der Waals surface area contributed by atoms with Crippen LogP contribution >= 0.6 is 0 Å². The first-order valence-electron chi connectivity index (χ1n) is 8.56. The SMILES string of the molecule is COc1ccc(N2CCN(CCOc3ccccc3C)CC2)cc1. The van der Waals surface area contributed by atoms with Crippen LogP contribution in [0.1, 0.15) is 5.56 Å². The molecule has 0 spiro atoms. The van der Waals surface area contributed by atoms with Crippen molar-refractivity contribution < 1.29 is 9.47 Å². The van der Waals surface area contributed by atoms with Crippen LogP contribution in [-0.4, -0.2) is 51.3 Å². The van der Waals surface area contributed by atoms with E-state index in [2.05, 4.69) is 34.9 Å². The molecule has 0 radical (unpaired) electrons. The van der Waals surface area contributed by atoms with E-state index in [0.29, 0.717) is 0 Å². The summed E-state index contributed by atoms with van der Waals surface area (Å²) in [5, 5.41) is 0. The summed E-state index contributed by atoms with van der Waals surface area (Å²) in [5.74, 6) is 1.90. The number of rotatable bonds is 6. The Balaban J connectivity index is 1.42. The van der Waals surface area contributed by atoms with Crippen molar-refractivity contribution in [2.75, 3.05) is 51.3 Å². The summed E-state index contributed by atoms with van der Waals surface area (Å²) in [6, 6.07) is 16.5. The third kappa shape index (κ3) is 4.20. The van der Waals surface area contributed by atoms with Crippen molar-refractivity contribution in [2.45, 2.75) is 6.92 Å². The van der Waals surface area contributed by atoms with E-state index in [1.165, 1.54) is 11.3 Å². The van der Waals surface area contributed by atoms with E-state index in [-0.39, 0.29) is 0 Å². The predicted octanol–water partition coefficient (Wildman–Crippen LogP) is 3.20. The second-order valence-corrected chi connectivity index (χ2v) is 6.14.